The quantitative estimate of drug-likeness (QED) is 0.603. The molecule has 0 saturated carbocycles. The molecule has 1 unspecified atom stereocenters. The lowest BCUT2D eigenvalue weighted by Gasteiger charge is -2.44. The second-order valence-electron chi connectivity index (χ2n) is 10.4. The summed E-state index contributed by atoms with van der Waals surface area (Å²) in [6, 6.07) is 6.61. The molecule has 1 atom stereocenters. The van der Waals surface area contributed by atoms with Crippen LogP contribution in [0.2, 0.25) is 0 Å². The van der Waals surface area contributed by atoms with E-state index in [9.17, 15) is 4.79 Å². The molecule has 2 aromatic rings. The van der Waals surface area contributed by atoms with E-state index >= 15 is 0 Å². The van der Waals surface area contributed by atoms with Crippen molar-refractivity contribution in [2.24, 2.45) is 17.6 Å². The van der Waals surface area contributed by atoms with Crippen molar-refractivity contribution in [1.82, 2.24) is 14.9 Å². The minimum absolute atomic E-state index is 0.213. The minimum atomic E-state index is -0.281. The summed E-state index contributed by atoms with van der Waals surface area (Å²) in [5.74, 6) is 2.25. The highest BCUT2D eigenvalue weighted by Gasteiger charge is 2.32. The van der Waals surface area contributed by atoms with Crippen molar-refractivity contribution in [3.8, 4) is 11.4 Å². The van der Waals surface area contributed by atoms with Gasteiger partial charge in [0.2, 0.25) is 5.91 Å². The molecule has 186 valence electrons. The topological polar surface area (TPSA) is 84.6 Å². The molecule has 0 radical (unpaired) electrons. The lowest BCUT2D eigenvalue weighted by molar-refractivity contribution is -0.120. The largest absolute Gasteiger partial charge is 0.376 e. The molecule has 0 spiro atoms. The van der Waals surface area contributed by atoms with E-state index in [2.05, 4.69) is 76.5 Å². The number of ether oxygens (including phenoxy) is 1. The Labute approximate surface area is 204 Å². The van der Waals surface area contributed by atoms with Crippen LogP contribution in [0.4, 0.5) is 5.82 Å². The average molecular weight is 468 g/mol. The Bertz CT molecular complexity index is 1000. The van der Waals surface area contributed by atoms with Crippen molar-refractivity contribution < 1.29 is 9.53 Å². The molecule has 1 aliphatic heterocycles. The van der Waals surface area contributed by atoms with Gasteiger partial charge in [0.1, 0.15) is 5.82 Å². The molecule has 1 fully saturated rings. The van der Waals surface area contributed by atoms with Crippen LogP contribution in [0.25, 0.3) is 11.4 Å². The second-order valence-corrected chi connectivity index (χ2v) is 10.4. The van der Waals surface area contributed by atoms with Gasteiger partial charge in [0.15, 0.2) is 5.82 Å². The summed E-state index contributed by atoms with van der Waals surface area (Å²) >= 11 is 0. The molecule has 1 amide bonds. The van der Waals surface area contributed by atoms with Gasteiger partial charge in [-0.2, -0.15) is 0 Å². The Balaban J connectivity index is 2.02. The molecule has 7 heteroatoms. The summed E-state index contributed by atoms with van der Waals surface area (Å²) < 4.78 is 6.05. The first-order valence-electron chi connectivity index (χ1n) is 12.4. The Morgan fingerprint density at radius 3 is 2.53 bits per heavy atom. The highest BCUT2D eigenvalue weighted by molar-refractivity contribution is 5.76. The number of anilines is 1. The van der Waals surface area contributed by atoms with E-state index < -0.39 is 0 Å². The van der Waals surface area contributed by atoms with Gasteiger partial charge in [-0.25, -0.2) is 9.97 Å². The number of aryl methyl sites for hydroxylation is 3. The number of primary amides is 1. The second kappa shape index (κ2) is 11.3. The van der Waals surface area contributed by atoms with Gasteiger partial charge in [-0.05, 0) is 44.2 Å². The van der Waals surface area contributed by atoms with Crippen LogP contribution < -0.4 is 10.6 Å². The molecule has 3 rings (SSSR count). The molecule has 1 aromatic carbocycles. The van der Waals surface area contributed by atoms with Gasteiger partial charge in [0.25, 0.3) is 0 Å². The van der Waals surface area contributed by atoms with Crippen LogP contribution in [0, 0.1) is 32.6 Å². The summed E-state index contributed by atoms with van der Waals surface area (Å²) in [5.41, 5.74) is 10.9. The summed E-state index contributed by atoms with van der Waals surface area (Å²) in [5, 5.41) is 0. The maximum Gasteiger partial charge on any atom is 0.231 e. The van der Waals surface area contributed by atoms with Crippen LogP contribution in [-0.2, 0) is 16.1 Å². The van der Waals surface area contributed by atoms with Crippen LogP contribution >= 0.6 is 0 Å². The van der Waals surface area contributed by atoms with Gasteiger partial charge in [-0.15, -0.1) is 0 Å². The summed E-state index contributed by atoms with van der Waals surface area (Å²) in [4.78, 5) is 26.3. The van der Waals surface area contributed by atoms with Crippen LogP contribution in [0.5, 0.6) is 0 Å². The van der Waals surface area contributed by atoms with E-state index in [0.717, 1.165) is 53.7 Å². The number of rotatable bonds is 9. The molecule has 0 aliphatic carbocycles. The van der Waals surface area contributed by atoms with E-state index in [-0.39, 0.29) is 18.5 Å². The van der Waals surface area contributed by atoms with Crippen molar-refractivity contribution in [2.75, 3.05) is 37.7 Å². The smallest absolute Gasteiger partial charge is 0.231 e. The van der Waals surface area contributed by atoms with Crippen molar-refractivity contribution in [2.45, 2.75) is 61.1 Å². The molecule has 0 bridgehead atoms. The highest BCUT2D eigenvalue weighted by atomic mass is 16.5. The highest BCUT2D eigenvalue weighted by Crippen LogP contribution is 2.30. The van der Waals surface area contributed by atoms with Gasteiger partial charge in [0, 0.05) is 49.1 Å². The first-order chi connectivity index (χ1) is 16.1. The lowest BCUT2D eigenvalue weighted by Crippen LogP contribution is -2.57. The van der Waals surface area contributed by atoms with Crippen LogP contribution in [0.1, 0.15) is 50.1 Å². The maximum absolute atomic E-state index is 11.6. The van der Waals surface area contributed by atoms with E-state index in [1.807, 2.05) is 0 Å². The standard InChI is InChI=1S/C27H41N5O2/c1-17(2)15-34-16-23-21(7)29-26(22-12-19(5)8-9-20(22)6)30-27(23)32-11-10-31(14-25(28)33)24(13-32)18(3)4/h8-9,12,17-18,24H,10-11,13-16H2,1-7H3,(H2,28,33). The number of carbonyl (C=O) groups excluding carboxylic acids is 1. The Kier molecular flexibility index (Phi) is 8.66. The first kappa shape index (κ1) is 26.1. The number of nitrogens with zero attached hydrogens (tertiary/aromatic N) is 4. The summed E-state index contributed by atoms with van der Waals surface area (Å²) in [7, 11) is 0. The number of carbonyl (C=O) groups is 1. The third-order valence-corrected chi connectivity index (χ3v) is 6.49. The molecule has 2 heterocycles. The zero-order chi connectivity index (χ0) is 25.0. The molecular formula is C27H41N5O2. The average Bonchev–Trinajstić information content (AvgIpc) is 2.75. The number of nitrogens with two attached hydrogens (primary N) is 1. The molecule has 1 aliphatic rings. The molecule has 2 N–H and O–H groups in total. The third-order valence-electron chi connectivity index (χ3n) is 6.49. The van der Waals surface area contributed by atoms with Crippen molar-refractivity contribution in [3.63, 3.8) is 0 Å². The van der Waals surface area contributed by atoms with Gasteiger partial charge >= 0.3 is 0 Å². The van der Waals surface area contributed by atoms with E-state index in [1.165, 1.54) is 5.56 Å². The van der Waals surface area contributed by atoms with Gasteiger partial charge in [-0.1, -0.05) is 45.4 Å². The number of hydrogen-bond donors (Lipinski definition) is 1. The molecular weight excluding hydrogens is 426 g/mol. The number of benzene rings is 1. The van der Waals surface area contributed by atoms with Crippen LogP contribution in [0.15, 0.2) is 18.2 Å². The Morgan fingerprint density at radius 2 is 1.88 bits per heavy atom. The van der Waals surface area contributed by atoms with Crippen molar-refractivity contribution in [1.29, 1.82) is 0 Å². The van der Waals surface area contributed by atoms with Gasteiger partial charge < -0.3 is 15.4 Å². The fourth-order valence-corrected chi connectivity index (χ4v) is 4.57. The molecule has 34 heavy (non-hydrogen) atoms. The van der Waals surface area contributed by atoms with Gasteiger partial charge in [-0.3, -0.25) is 9.69 Å². The third kappa shape index (κ3) is 6.33. The van der Waals surface area contributed by atoms with Crippen molar-refractivity contribution >= 4 is 11.7 Å². The number of aromatic nitrogens is 2. The van der Waals surface area contributed by atoms with Crippen LogP contribution in [-0.4, -0.2) is 59.6 Å². The SMILES string of the molecule is Cc1ccc(C)c(-c2nc(C)c(COCC(C)C)c(N3CCN(CC(N)=O)C(C(C)C)C3)n2)c1. The minimum Gasteiger partial charge on any atom is -0.376 e. The predicted octanol–water partition coefficient (Wildman–Crippen LogP) is 3.87. The predicted molar refractivity (Wildman–Crippen MR) is 138 cm³/mol. The number of hydrogen-bond acceptors (Lipinski definition) is 6. The molecule has 7 nitrogen and oxygen atoms in total. The Hall–Kier alpha value is -2.51. The van der Waals surface area contributed by atoms with E-state index in [4.69, 9.17) is 20.4 Å². The van der Waals surface area contributed by atoms with Crippen molar-refractivity contribution in [3.05, 3.63) is 40.6 Å². The zero-order valence-electron chi connectivity index (χ0n) is 21.9. The maximum atomic E-state index is 11.6. The Morgan fingerprint density at radius 1 is 1.15 bits per heavy atom. The van der Waals surface area contributed by atoms with E-state index in [0.29, 0.717) is 25.0 Å². The van der Waals surface area contributed by atoms with Crippen LogP contribution in [0.3, 0.4) is 0 Å². The normalized spacial score (nSPS) is 17.1. The molecule has 1 saturated heterocycles. The summed E-state index contributed by atoms with van der Waals surface area (Å²) in [6.45, 7) is 18.7. The fourth-order valence-electron chi connectivity index (χ4n) is 4.57. The zero-order valence-corrected chi connectivity index (χ0v) is 21.9. The first-order valence-corrected chi connectivity index (χ1v) is 12.4. The lowest BCUT2D eigenvalue weighted by atomic mass is 9.99. The molecule has 1 aromatic heterocycles. The number of amides is 1. The summed E-state index contributed by atoms with van der Waals surface area (Å²) in [6.07, 6.45) is 0. The monoisotopic (exact) mass is 467 g/mol. The van der Waals surface area contributed by atoms with Gasteiger partial charge in [0.05, 0.1) is 13.2 Å². The fraction of sp³-hybridized carbons (Fsp3) is 0.593. The number of piperazine rings is 1. The van der Waals surface area contributed by atoms with E-state index in [1.54, 1.807) is 0 Å².